The molecule has 2 unspecified atom stereocenters. The van der Waals surface area contributed by atoms with Crippen LogP contribution in [0.1, 0.15) is 0 Å². The molecule has 0 radical (unpaired) electrons. The molecule has 2 atom stereocenters. The summed E-state index contributed by atoms with van der Waals surface area (Å²) in [6.07, 6.45) is 2.02. The van der Waals surface area contributed by atoms with Crippen LogP contribution in [0.15, 0.2) is 16.3 Å². The SMILES string of the molecule is C1=NCC2SC3NC2=C13. The van der Waals surface area contributed by atoms with E-state index in [0.29, 0.717) is 10.6 Å². The van der Waals surface area contributed by atoms with Crippen LogP contribution >= 0.6 is 11.8 Å². The van der Waals surface area contributed by atoms with Crippen LogP contribution in [0.25, 0.3) is 0 Å². The predicted molar refractivity (Wildman–Crippen MR) is 38.7 cm³/mol. The Morgan fingerprint density at radius 1 is 1.78 bits per heavy atom. The number of aliphatic imine (C=N–C) groups is 1. The average Bonchev–Trinajstić information content (AvgIpc) is 2.30. The van der Waals surface area contributed by atoms with Crippen molar-refractivity contribution in [2.75, 3.05) is 6.54 Å². The Balaban J connectivity index is 2.20. The summed E-state index contributed by atoms with van der Waals surface area (Å²) >= 11 is 2.00. The molecule has 0 aliphatic carbocycles. The van der Waals surface area contributed by atoms with E-state index in [4.69, 9.17) is 0 Å². The summed E-state index contributed by atoms with van der Waals surface area (Å²) in [5.41, 5.74) is 2.91. The molecule has 46 valence electrons. The predicted octanol–water partition coefficient (Wildman–Crippen LogP) is 0.370. The van der Waals surface area contributed by atoms with Crippen molar-refractivity contribution in [3.05, 3.63) is 11.3 Å². The first-order valence-electron chi connectivity index (χ1n) is 3.11. The average molecular weight is 138 g/mol. The minimum atomic E-state index is 0.608. The minimum Gasteiger partial charge on any atom is -0.371 e. The van der Waals surface area contributed by atoms with Gasteiger partial charge in [-0.1, -0.05) is 0 Å². The number of nitrogens with zero attached hydrogens (tertiary/aromatic N) is 1. The molecule has 9 heavy (non-hydrogen) atoms. The van der Waals surface area contributed by atoms with E-state index in [9.17, 15) is 0 Å². The first kappa shape index (κ1) is 4.39. The molecule has 1 N–H and O–H groups in total. The molecule has 4 bridgehead atoms. The van der Waals surface area contributed by atoms with Crippen molar-refractivity contribution in [3.63, 3.8) is 0 Å². The van der Waals surface area contributed by atoms with Crippen LogP contribution in [0, 0.1) is 0 Å². The smallest absolute Gasteiger partial charge is 0.102 e. The second-order valence-corrected chi connectivity index (χ2v) is 3.82. The summed E-state index contributed by atoms with van der Waals surface area (Å²) in [6.45, 7) is 0.993. The number of rotatable bonds is 0. The van der Waals surface area contributed by atoms with Crippen molar-refractivity contribution in [1.29, 1.82) is 0 Å². The molecular formula is C6H6N2S. The van der Waals surface area contributed by atoms with Gasteiger partial charge < -0.3 is 5.32 Å². The van der Waals surface area contributed by atoms with Gasteiger partial charge in [-0.15, -0.1) is 11.8 Å². The lowest BCUT2D eigenvalue weighted by atomic mass is 10.0. The topological polar surface area (TPSA) is 24.4 Å². The van der Waals surface area contributed by atoms with Crippen LogP contribution in [0.4, 0.5) is 0 Å². The number of nitrogens with one attached hydrogen (secondary N) is 1. The second kappa shape index (κ2) is 1.19. The maximum Gasteiger partial charge on any atom is 0.102 e. The van der Waals surface area contributed by atoms with Crippen LogP contribution in [0.2, 0.25) is 0 Å². The van der Waals surface area contributed by atoms with Gasteiger partial charge in [-0.25, -0.2) is 0 Å². The minimum absolute atomic E-state index is 0.608. The van der Waals surface area contributed by atoms with Gasteiger partial charge in [0.25, 0.3) is 0 Å². The standard InChI is InChI=1S/C6H6N2S/c1-3-5-4(2-7-1)9-6(3)8-5/h1,4,6,8H,2H2. The Kier molecular flexibility index (Phi) is 0.578. The fraction of sp³-hybridized carbons (Fsp3) is 0.500. The summed E-state index contributed by atoms with van der Waals surface area (Å²) in [6, 6.07) is 0. The number of thioether (sulfide) groups is 1. The monoisotopic (exact) mass is 138 g/mol. The highest BCUT2D eigenvalue weighted by atomic mass is 32.2. The molecule has 0 aromatic heterocycles. The van der Waals surface area contributed by atoms with E-state index < -0.39 is 0 Å². The summed E-state index contributed by atoms with van der Waals surface area (Å²) in [5.74, 6) is 0. The van der Waals surface area contributed by atoms with Crippen molar-refractivity contribution in [1.82, 2.24) is 5.32 Å². The zero-order valence-electron chi connectivity index (χ0n) is 4.79. The van der Waals surface area contributed by atoms with E-state index in [-0.39, 0.29) is 0 Å². The number of dihydropyridines is 1. The molecular weight excluding hydrogens is 132 g/mol. The van der Waals surface area contributed by atoms with E-state index in [2.05, 4.69) is 10.3 Å². The van der Waals surface area contributed by atoms with Crippen LogP contribution < -0.4 is 5.32 Å². The molecule has 1 fully saturated rings. The lowest BCUT2D eigenvalue weighted by Crippen LogP contribution is -2.36. The van der Waals surface area contributed by atoms with Crippen LogP contribution in [-0.4, -0.2) is 23.4 Å². The fourth-order valence-corrected chi connectivity index (χ4v) is 2.87. The second-order valence-electron chi connectivity index (χ2n) is 2.51. The largest absolute Gasteiger partial charge is 0.371 e. The summed E-state index contributed by atoms with van der Waals surface area (Å²) in [4.78, 5) is 4.24. The van der Waals surface area contributed by atoms with Gasteiger partial charge in [0.1, 0.15) is 5.37 Å². The summed E-state index contributed by atoms with van der Waals surface area (Å²) in [7, 11) is 0. The Bertz CT molecular complexity index is 231. The Morgan fingerprint density at radius 3 is 3.56 bits per heavy atom. The van der Waals surface area contributed by atoms with E-state index in [1.54, 1.807) is 0 Å². The first-order chi connectivity index (χ1) is 4.45. The molecule has 0 saturated carbocycles. The first-order valence-corrected chi connectivity index (χ1v) is 4.05. The van der Waals surface area contributed by atoms with Crippen molar-refractivity contribution < 1.29 is 0 Å². The zero-order chi connectivity index (χ0) is 5.84. The molecule has 0 amide bonds. The third-order valence-electron chi connectivity index (χ3n) is 2.00. The van der Waals surface area contributed by atoms with Gasteiger partial charge in [0.05, 0.1) is 11.8 Å². The Hall–Kier alpha value is -0.440. The Morgan fingerprint density at radius 2 is 2.78 bits per heavy atom. The zero-order valence-corrected chi connectivity index (χ0v) is 5.61. The number of hydrogen-bond donors (Lipinski definition) is 1. The quantitative estimate of drug-likeness (QED) is 0.523. The van der Waals surface area contributed by atoms with Crippen LogP contribution in [0.5, 0.6) is 0 Å². The molecule has 1 saturated heterocycles. The maximum absolute atomic E-state index is 4.24. The fourth-order valence-electron chi connectivity index (χ4n) is 1.50. The molecule has 4 rings (SSSR count). The molecule has 4 heterocycles. The third kappa shape index (κ3) is 0.358. The van der Waals surface area contributed by atoms with Gasteiger partial charge in [-0.3, -0.25) is 4.99 Å². The lowest BCUT2D eigenvalue weighted by molar-refractivity contribution is 0.727. The van der Waals surface area contributed by atoms with E-state index >= 15 is 0 Å². The summed E-state index contributed by atoms with van der Waals surface area (Å²) in [5, 5.41) is 4.67. The van der Waals surface area contributed by atoms with Gasteiger partial charge in [-0.2, -0.15) is 0 Å². The highest BCUT2D eigenvalue weighted by Gasteiger charge is 2.44. The molecule has 3 heteroatoms. The molecule has 0 aromatic carbocycles. The van der Waals surface area contributed by atoms with Crippen molar-refractivity contribution >= 4 is 18.0 Å². The van der Waals surface area contributed by atoms with E-state index in [0.717, 1.165) is 6.54 Å². The van der Waals surface area contributed by atoms with Crippen molar-refractivity contribution in [2.24, 2.45) is 4.99 Å². The summed E-state index contributed by atoms with van der Waals surface area (Å²) < 4.78 is 0. The van der Waals surface area contributed by atoms with E-state index in [1.165, 1.54) is 11.3 Å². The van der Waals surface area contributed by atoms with Crippen LogP contribution in [0.3, 0.4) is 0 Å². The molecule has 4 aliphatic heterocycles. The highest BCUT2D eigenvalue weighted by molar-refractivity contribution is 8.01. The van der Waals surface area contributed by atoms with Gasteiger partial charge in [-0.05, 0) is 0 Å². The highest BCUT2D eigenvalue weighted by Crippen LogP contribution is 2.45. The molecule has 0 spiro atoms. The van der Waals surface area contributed by atoms with Crippen molar-refractivity contribution in [2.45, 2.75) is 10.6 Å². The molecule has 0 aromatic rings. The van der Waals surface area contributed by atoms with Crippen molar-refractivity contribution in [3.8, 4) is 0 Å². The normalized spacial score (nSPS) is 42.7. The van der Waals surface area contributed by atoms with Gasteiger partial charge in [0, 0.05) is 17.5 Å². The number of hydrogen-bond acceptors (Lipinski definition) is 3. The van der Waals surface area contributed by atoms with Gasteiger partial charge in [0.2, 0.25) is 0 Å². The van der Waals surface area contributed by atoms with Gasteiger partial charge in [0.15, 0.2) is 0 Å². The Labute approximate surface area is 57.4 Å². The van der Waals surface area contributed by atoms with E-state index in [1.807, 2.05) is 18.0 Å². The molecule has 2 nitrogen and oxygen atoms in total. The lowest BCUT2D eigenvalue weighted by Gasteiger charge is -2.24. The molecule has 4 aliphatic rings. The maximum atomic E-state index is 4.24. The van der Waals surface area contributed by atoms with Gasteiger partial charge >= 0.3 is 0 Å². The van der Waals surface area contributed by atoms with Crippen LogP contribution in [-0.2, 0) is 0 Å². The third-order valence-corrected chi connectivity index (χ3v) is 3.36.